The summed E-state index contributed by atoms with van der Waals surface area (Å²) in [5.41, 5.74) is 6.15. The Hall–Kier alpha value is -0.610. The van der Waals surface area contributed by atoms with Crippen LogP contribution >= 0.6 is 0 Å². The summed E-state index contributed by atoms with van der Waals surface area (Å²) in [5, 5.41) is 0. The molecular weight excluding hydrogens is 238 g/mol. The van der Waals surface area contributed by atoms with Crippen molar-refractivity contribution in [1.29, 1.82) is 0 Å². The molecule has 0 aromatic carbocycles. The minimum atomic E-state index is 0.343. The zero-order valence-corrected chi connectivity index (χ0v) is 11.9. The van der Waals surface area contributed by atoms with Crippen LogP contribution in [-0.4, -0.2) is 54.5 Å². The lowest BCUT2D eigenvalue weighted by Crippen LogP contribution is -2.41. The molecular formula is C15H27N3O. The average Bonchev–Trinajstić information content (AvgIpc) is 2.81. The Labute approximate surface area is 116 Å². The minimum absolute atomic E-state index is 0.343. The number of likely N-dealkylation sites (tertiary alicyclic amines) is 2. The van der Waals surface area contributed by atoms with E-state index in [0.717, 1.165) is 32.1 Å². The van der Waals surface area contributed by atoms with Gasteiger partial charge in [0, 0.05) is 32.2 Å². The van der Waals surface area contributed by atoms with Gasteiger partial charge in [-0.15, -0.1) is 0 Å². The highest BCUT2D eigenvalue weighted by Crippen LogP contribution is 2.36. The maximum absolute atomic E-state index is 12.4. The quantitative estimate of drug-likeness (QED) is 0.812. The first kappa shape index (κ1) is 13.4. The summed E-state index contributed by atoms with van der Waals surface area (Å²) in [6, 6.07) is 0.378. The second-order valence-electron chi connectivity index (χ2n) is 6.65. The van der Waals surface area contributed by atoms with Gasteiger partial charge in [0.15, 0.2) is 0 Å². The van der Waals surface area contributed by atoms with Crippen molar-refractivity contribution in [3.8, 4) is 0 Å². The van der Waals surface area contributed by atoms with Gasteiger partial charge < -0.3 is 10.6 Å². The van der Waals surface area contributed by atoms with Gasteiger partial charge in [0.25, 0.3) is 0 Å². The molecule has 19 heavy (non-hydrogen) atoms. The number of nitrogens with zero attached hydrogens (tertiary/aromatic N) is 2. The van der Waals surface area contributed by atoms with Crippen molar-refractivity contribution in [3.63, 3.8) is 0 Å². The van der Waals surface area contributed by atoms with E-state index in [-0.39, 0.29) is 0 Å². The molecule has 0 aromatic heterocycles. The molecule has 1 amide bonds. The molecule has 3 fully saturated rings. The Morgan fingerprint density at radius 3 is 2.47 bits per heavy atom. The van der Waals surface area contributed by atoms with Crippen LogP contribution in [0.25, 0.3) is 0 Å². The lowest BCUT2D eigenvalue weighted by atomic mass is 9.98. The van der Waals surface area contributed by atoms with Crippen LogP contribution in [0.15, 0.2) is 0 Å². The van der Waals surface area contributed by atoms with Gasteiger partial charge in [-0.05, 0) is 37.5 Å². The zero-order chi connectivity index (χ0) is 13.2. The standard InChI is InChI=1S/C15H27N3O/c16-14-6-5-12-9-17(10-13(12)14)11-15(19)18-7-3-1-2-4-8-18/h12-14H,1-11,16H2. The van der Waals surface area contributed by atoms with Gasteiger partial charge in [0.1, 0.15) is 0 Å². The summed E-state index contributed by atoms with van der Waals surface area (Å²) in [5.74, 6) is 1.75. The van der Waals surface area contributed by atoms with E-state index in [0.29, 0.717) is 24.4 Å². The van der Waals surface area contributed by atoms with Gasteiger partial charge in [-0.2, -0.15) is 0 Å². The van der Waals surface area contributed by atoms with Crippen LogP contribution < -0.4 is 5.73 Å². The van der Waals surface area contributed by atoms with Crippen LogP contribution in [0.4, 0.5) is 0 Å². The van der Waals surface area contributed by atoms with Crippen LogP contribution in [0.2, 0.25) is 0 Å². The molecule has 0 radical (unpaired) electrons. The molecule has 0 spiro atoms. The summed E-state index contributed by atoms with van der Waals surface area (Å²) >= 11 is 0. The van der Waals surface area contributed by atoms with E-state index < -0.39 is 0 Å². The van der Waals surface area contributed by atoms with Crippen LogP contribution in [-0.2, 0) is 4.79 Å². The Morgan fingerprint density at radius 2 is 1.79 bits per heavy atom. The maximum Gasteiger partial charge on any atom is 0.236 e. The third kappa shape index (κ3) is 2.95. The summed E-state index contributed by atoms with van der Waals surface area (Å²) < 4.78 is 0. The van der Waals surface area contributed by atoms with Gasteiger partial charge in [-0.25, -0.2) is 0 Å². The first-order valence-electron chi connectivity index (χ1n) is 8.00. The van der Waals surface area contributed by atoms with Crippen molar-refractivity contribution >= 4 is 5.91 Å². The van der Waals surface area contributed by atoms with E-state index in [9.17, 15) is 4.79 Å². The molecule has 3 aliphatic rings. The van der Waals surface area contributed by atoms with Gasteiger partial charge in [-0.3, -0.25) is 9.69 Å². The topological polar surface area (TPSA) is 49.6 Å². The average molecular weight is 265 g/mol. The van der Waals surface area contributed by atoms with E-state index in [1.165, 1.54) is 38.5 Å². The van der Waals surface area contributed by atoms with Crippen molar-refractivity contribution in [1.82, 2.24) is 9.80 Å². The fourth-order valence-electron chi connectivity index (χ4n) is 4.14. The van der Waals surface area contributed by atoms with Gasteiger partial charge in [0.2, 0.25) is 5.91 Å². The number of hydrogen-bond donors (Lipinski definition) is 1. The Morgan fingerprint density at radius 1 is 1.05 bits per heavy atom. The summed E-state index contributed by atoms with van der Waals surface area (Å²) in [7, 11) is 0. The lowest BCUT2D eigenvalue weighted by Gasteiger charge is -2.24. The highest BCUT2D eigenvalue weighted by atomic mass is 16.2. The van der Waals surface area contributed by atoms with Crippen molar-refractivity contribution < 1.29 is 4.79 Å². The molecule has 108 valence electrons. The number of rotatable bonds is 2. The zero-order valence-electron chi connectivity index (χ0n) is 11.9. The minimum Gasteiger partial charge on any atom is -0.342 e. The summed E-state index contributed by atoms with van der Waals surface area (Å²) in [4.78, 5) is 16.8. The first-order chi connectivity index (χ1) is 9.24. The number of carbonyl (C=O) groups excluding carboxylic acids is 1. The van der Waals surface area contributed by atoms with Gasteiger partial charge in [-0.1, -0.05) is 12.8 Å². The van der Waals surface area contributed by atoms with E-state index >= 15 is 0 Å². The largest absolute Gasteiger partial charge is 0.342 e. The van der Waals surface area contributed by atoms with Crippen molar-refractivity contribution in [2.24, 2.45) is 17.6 Å². The van der Waals surface area contributed by atoms with E-state index in [1.54, 1.807) is 0 Å². The Bertz CT molecular complexity index is 325. The van der Waals surface area contributed by atoms with Crippen LogP contribution in [0.1, 0.15) is 38.5 Å². The second kappa shape index (κ2) is 5.80. The number of hydrogen-bond acceptors (Lipinski definition) is 3. The van der Waals surface area contributed by atoms with Crippen molar-refractivity contribution in [2.45, 2.75) is 44.6 Å². The molecule has 3 rings (SSSR count). The van der Waals surface area contributed by atoms with Crippen LogP contribution in [0.3, 0.4) is 0 Å². The smallest absolute Gasteiger partial charge is 0.236 e. The van der Waals surface area contributed by atoms with Crippen LogP contribution in [0, 0.1) is 11.8 Å². The predicted octanol–water partition coefficient (Wildman–Crippen LogP) is 1.06. The molecule has 2 heterocycles. The second-order valence-corrected chi connectivity index (χ2v) is 6.65. The molecule has 0 bridgehead atoms. The van der Waals surface area contributed by atoms with Crippen molar-refractivity contribution in [3.05, 3.63) is 0 Å². The molecule has 2 saturated heterocycles. The fraction of sp³-hybridized carbons (Fsp3) is 0.933. The molecule has 4 heteroatoms. The monoisotopic (exact) mass is 265 g/mol. The lowest BCUT2D eigenvalue weighted by molar-refractivity contribution is -0.132. The fourth-order valence-corrected chi connectivity index (χ4v) is 4.14. The molecule has 3 atom stereocenters. The van der Waals surface area contributed by atoms with E-state index in [1.807, 2.05) is 0 Å². The number of fused-ring (bicyclic) bond motifs is 1. The van der Waals surface area contributed by atoms with Crippen molar-refractivity contribution in [2.75, 3.05) is 32.7 Å². The Balaban J connectivity index is 1.50. The molecule has 2 N–H and O–H groups in total. The molecule has 4 nitrogen and oxygen atoms in total. The van der Waals surface area contributed by atoms with Gasteiger partial charge >= 0.3 is 0 Å². The number of amides is 1. The Kier molecular flexibility index (Phi) is 4.08. The number of nitrogens with two attached hydrogens (primary N) is 1. The van der Waals surface area contributed by atoms with E-state index in [4.69, 9.17) is 5.73 Å². The summed E-state index contributed by atoms with van der Waals surface area (Å²) in [6.07, 6.45) is 7.38. The van der Waals surface area contributed by atoms with E-state index in [2.05, 4.69) is 9.80 Å². The SMILES string of the molecule is NC1CCC2CN(CC(=O)N3CCCCCC3)CC12. The third-order valence-corrected chi connectivity index (χ3v) is 5.31. The first-order valence-corrected chi connectivity index (χ1v) is 8.00. The third-order valence-electron chi connectivity index (χ3n) is 5.31. The highest BCUT2D eigenvalue weighted by Gasteiger charge is 2.41. The van der Waals surface area contributed by atoms with Crippen LogP contribution in [0.5, 0.6) is 0 Å². The molecule has 1 aliphatic carbocycles. The molecule has 3 unspecified atom stereocenters. The predicted molar refractivity (Wildman–Crippen MR) is 75.7 cm³/mol. The molecule has 1 saturated carbocycles. The van der Waals surface area contributed by atoms with Gasteiger partial charge in [0.05, 0.1) is 6.54 Å². The highest BCUT2D eigenvalue weighted by molar-refractivity contribution is 5.78. The molecule has 0 aromatic rings. The summed E-state index contributed by atoms with van der Waals surface area (Å²) in [6.45, 7) is 4.71. The normalized spacial score (nSPS) is 36.3. The molecule has 2 aliphatic heterocycles. The maximum atomic E-state index is 12.4. The number of carbonyl (C=O) groups is 1.